The summed E-state index contributed by atoms with van der Waals surface area (Å²) in [4.78, 5) is 14.7. The van der Waals surface area contributed by atoms with Gasteiger partial charge < -0.3 is 4.90 Å². The number of tetrazole rings is 1. The fourth-order valence-electron chi connectivity index (χ4n) is 3.74. The second-order valence-electron chi connectivity index (χ2n) is 8.89. The highest BCUT2D eigenvalue weighted by Gasteiger charge is 2.48. The molecule has 9 nitrogen and oxygen atoms in total. The van der Waals surface area contributed by atoms with Gasteiger partial charge in [0.2, 0.25) is 5.91 Å². The Labute approximate surface area is 213 Å². The van der Waals surface area contributed by atoms with E-state index in [4.69, 9.17) is 0 Å². The molecule has 0 bridgehead atoms. The number of carbonyl (C=O) groups is 1. The van der Waals surface area contributed by atoms with Gasteiger partial charge in [0.05, 0.1) is 0 Å². The van der Waals surface area contributed by atoms with E-state index in [0.717, 1.165) is 28.7 Å². The number of carbonyl (C=O) groups excluding carboxylic acids is 1. The van der Waals surface area contributed by atoms with Crippen molar-refractivity contribution < 1.29 is 26.4 Å². The zero-order valence-corrected chi connectivity index (χ0v) is 21.5. The number of rotatable bonds is 11. The van der Waals surface area contributed by atoms with Gasteiger partial charge in [-0.3, -0.25) is 4.79 Å². The van der Waals surface area contributed by atoms with E-state index >= 15 is 0 Å². The molecule has 0 aliphatic heterocycles. The molecule has 2 aromatic carbocycles. The maximum atomic E-state index is 13.3. The van der Waals surface area contributed by atoms with Crippen molar-refractivity contribution in [3.05, 3.63) is 54.1 Å². The number of nitrogens with one attached hydrogen (secondary N) is 2. The van der Waals surface area contributed by atoms with Crippen molar-refractivity contribution in [2.75, 3.05) is 6.54 Å². The van der Waals surface area contributed by atoms with E-state index in [1.807, 2.05) is 55.5 Å². The first-order chi connectivity index (χ1) is 17.4. The minimum atomic E-state index is -5.69. The van der Waals surface area contributed by atoms with Crippen molar-refractivity contribution in [2.24, 2.45) is 5.92 Å². The molecule has 1 amide bonds. The normalized spacial score (nSPS) is 13.1. The largest absolute Gasteiger partial charge is 0.511 e. The van der Waals surface area contributed by atoms with Crippen molar-refractivity contribution in [1.29, 1.82) is 0 Å². The van der Waals surface area contributed by atoms with Crippen LogP contribution in [0.4, 0.5) is 13.2 Å². The summed E-state index contributed by atoms with van der Waals surface area (Å²) in [7, 11) is -5.69. The lowest BCUT2D eigenvalue weighted by atomic mass is 9.98. The summed E-state index contributed by atoms with van der Waals surface area (Å²) in [6, 6.07) is 13.4. The molecule has 0 spiro atoms. The van der Waals surface area contributed by atoms with Gasteiger partial charge in [-0.15, -0.1) is 5.10 Å². The lowest BCUT2D eigenvalue weighted by molar-refractivity contribution is -0.134. The number of sulfonamides is 1. The Morgan fingerprint density at radius 2 is 1.73 bits per heavy atom. The van der Waals surface area contributed by atoms with Crippen LogP contribution in [0.5, 0.6) is 0 Å². The monoisotopic (exact) mass is 538 g/mol. The first-order valence-corrected chi connectivity index (χ1v) is 13.2. The van der Waals surface area contributed by atoms with Crippen LogP contribution in [0.25, 0.3) is 22.5 Å². The highest BCUT2D eigenvalue weighted by atomic mass is 32.2. The predicted molar refractivity (Wildman–Crippen MR) is 132 cm³/mol. The Bertz CT molecular complexity index is 1280. The molecule has 0 saturated carbocycles. The highest BCUT2D eigenvalue weighted by Crippen LogP contribution is 2.30. The first kappa shape index (κ1) is 28.3. The number of hydrogen-bond acceptors (Lipinski definition) is 6. The Balaban J connectivity index is 1.84. The van der Waals surface area contributed by atoms with E-state index in [9.17, 15) is 26.4 Å². The zero-order chi connectivity index (χ0) is 27.2. The van der Waals surface area contributed by atoms with E-state index in [1.54, 1.807) is 4.72 Å². The summed E-state index contributed by atoms with van der Waals surface area (Å²) in [5.74, 6) is -0.890. The minimum absolute atomic E-state index is 0.115. The second kappa shape index (κ2) is 11.8. The summed E-state index contributed by atoms with van der Waals surface area (Å²) in [6.07, 6.45) is 1.36. The summed E-state index contributed by atoms with van der Waals surface area (Å²) in [5, 5.41) is 14.0. The predicted octanol–water partition coefficient (Wildman–Crippen LogP) is 4.13. The molecule has 0 aliphatic carbocycles. The topological polar surface area (TPSA) is 121 Å². The molecule has 13 heteroatoms. The smallest absolute Gasteiger partial charge is 0.337 e. The number of alkyl halides is 3. The van der Waals surface area contributed by atoms with Gasteiger partial charge in [0, 0.05) is 18.7 Å². The quantitative estimate of drug-likeness (QED) is 0.379. The first-order valence-electron chi connectivity index (χ1n) is 11.7. The molecule has 2 N–H and O–H groups in total. The van der Waals surface area contributed by atoms with Gasteiger partial charge in [-0.1, -0.05) is 75.7 Å². The molecule has 0 radical (unpaired) electrons. The number of aromatic nitrogens is 4. The van der Waals surface area contributed by atoms with Crippen molar-refractivity contribution in [3.63, 3.8) is 0 Å². The van der Waals surface area contributed by atoms with Gasteiger partial charge in [-0.05, 0) is 39.5 Å². The van der Waals surface area contributed by atoms with Crippen molar-refractivity contribution in [2.45, 2.75) is 51.7 Å². The number of halogens is 3. The van der Waals surface area contributed by atoms with Crippen LogP contribution < -0.4 is 4.72 Å². The maximum Gasteiger partial charge on any atom is 0.511 e. The molecule has 1 aromatic heterocycles. The van der Waals surface area contributed by atoms with Gasteiger partial charge in [0.1, 0.15) is 6.04 Å². The number of H-pyrrole nitrogens is 1. The van der Waals surface area contributed by atoms with Crippen LogP contribution in [-0.2, 0) is 21.4 Å². The number of amides is 1. The van der Waals surface area contributed by atoms with Gasteiger partial charge in [0.25, 0.3) is 0 Å². The van der Waals surface area contributed by atoms with Gasteiger partial charge >= 0.3 is 15.5 Å². The molecule has 0 fully saturated rings. The molecule has 200 valence electrons. The Morgan fingerprint density at radius 1 is 1.08 bits per heavy atom. The average molecular weight is 539 g/mol. The van der Waals surface area contributed by atoms with Gasteiger partial charge in [0.15, 0.2) is 5.82 Å². The molecule has 3 rings (SSSR count). The number of hydrogen-bond donors (Lipinski definition) is 2. The van der Waals surface area contributed by atoms with Crippen LogP contribution in [0.3, 0.4) is 0 Å². The highest BCUT2D eigenvalue weighted by molar-refractivity contribution is 7.90. The van der Waals surface area contributed by atoms with Gasteiger partial charge in [-0.2, -0.15) is 17.9 Å². The lowest BCUT2D eigenvalue weighted by Crippen LogP contribution is -2.53. The van der Waals surface area contributed by atoms with Crippen LogP contribution in [0.15, 0.2) is 48.5 Å². The van der Waals surface area contributed by atoms with E-state index in [2.05, 4.69) is 20.6 Å². The zero-order valence-electron chi connectivity index (χ0n) is 20.7. The lowest BCUT2D eigenvalue weighted by Gasteiger charge is -2.30. The molecular weight excluding hydrogens is 509 g/mol. The number of unbranched alkanes of at least 4 members (excludes halogenated alkanes) is 1. The molecule has 1 atom stereocenters. The fraction of sp³-hybridized carbons (Fsp3) is 0.417. The number of aromatic amines is 1. The molecule has 3 aromatic rings. The van der Waals surface area contributed by atoms with Crippen molar-refractivity contribution in [3.8, 4) is 22.5 Å². The summed E-state index contributed by atoms with van der Waals surface area (Å²) >= 11 is 0. The minimum Gasteiger partial charge on any atom is -0.337 e. The Kier molecular flexibility index (Phi) is 9.02. The van der Waals surface area contributed by atoms with E-state index in [-0.39, 0.29) is 13.1 Å². The molecule has 1 heterocycles. The Hall–Kier alpha value is -3.32. The Morgan fingerprint density at radius 3 is 2.27 bits per heavy atom. The number of nitrogens with zero attached hydrogens (tertiary/aromatic N) is 4. The maximum absolute atomic E-state index is 13.3. The molecule has 37 heavy (non-hydrogen) atoms. The molecule has 0 unspecified atom stereocenters. The summed E-state index contributed by atoms with van der Waals surface area (Å²) in [6.45, 7) is 5.30. The summed E-state index contributed by atoms with van der Waals surface area (Å²) < 4.78 is 64.0. The third kappa shape index (κ3) is 6.92. The van der Waals surface area contributed by atoms with Crippen LogP contribution in [0.2, 0.25) is 0 Å². The van der Waals surface area contributed by atoms with E-state index < -0.39 is 33.4 Å². The molecule has 0 saturated heterocycles. The molecule has 0 aliphatic rings. The van der Waals surface area contributed by atoms with Crippen LogP contribution >= 0.6 is 0 Å². The summed E-state index contributed by atoms with van der Waals surface area (Å²) in [5.41, 5.74) is -2.21. The molecular formula is C24H29F3N6O3S. The average Bonchev–Trinajstić information content (AvgIpc) is 3.39. The second-order valence-corrected chi connectivity index (χ2v) is 10.6. The van der Waals surface area contributed by atoms with Crippen LogP contribution in [0.1, 0.15) is 39.2 Å². The van der Waals surface area contributed by atoms with Crippen molar-refractivity contribution in [1.82, 2.24) is 30.2 Å². The van der Waals surface area contributed by atoms with Crippen LogP contribution in [0, 0.1) is 5.92 Å². The standard InChI is InChI=1S/C24H29F3N6O3S/c1-4-5-14-33(23(34)21(16(2)3)30-37(35,36)24(25,26)27)15-17-10-12-18(13-11-17)19-8-6-7-9-20(19)22-28-31-32-29-22/h6-13,16,21,30H,4-5,14-15H2,1-3H3,(H,28,29,31,32)/t21-/m0/s1. The van der Waals surface area contributed by atoms with E-state index in [0.29, 0.717) is 12.2 Å². The SMILES string of the molecule is CCCCN(Cc1ccc(-c2ccccc2-c2nnn[nH]2)cc1)C(=O)[C@@H](NS(=O)(=O)C(F)(F)F)C(C)C. The third-order valence-electron chi connectivity index (χ3n) is 5.78. The van der Waals surface area contributed by atoms with Crippen molar-refractivity contribution >= 4 is 15.9 Å². The van der Waals surface area contributed by atoms with Gasteiger partial charge in [-0.25, -0.2) is 13.5 Å². The van der Waals surface area contributed by atoms with E-state index in [1.165, 1.54) is 18.7 Å². The van der Waals surface area contributed by atoms with Crippen LogP contribution in [-0.4, -0.2) is 57.9 Å². The fourth-order valence-corrected chi connectivity index (χ4v) is 4.58. The number of benzene rings is 2. The third-order valence-corrected chi connectivity index (χ3v) is 6.95.